The molecule has 0 radical (unpaired) electrons. The highest BCUT2D eigenvalue weighted by Crippen LogP contribution is 2.22. The summed E-state index contributed by atoms with van der Waals surface area (Å²) in [7, 11) is 0. The quantitative estimate of drug-likeness (QED) is 0.700. The molecule has 0 atom stereocenters. The first kappa shape index (κ1) is 17.9. The van der Waals surface area contributed by atoms with Crippen LogP contribution in [0.3, 0.4) is 0 Å². The number of thiophene rings is 1. The van der Waals surface area contributed by atoms with Gasteiger partial charge in [-0.15, -0.1) is 11.3 Å². The molecule has 3 aromatic rings. The molecule has 132 valence electrons. The normalized spacial score (nSPS) is 11.4. The van der Waals surface area contributed by atoms with Gasteiger partial charge in [-0.05, 0) is 43.8 Å². The maximum absolute atomic E-state index is 9.44. The highest BCUT2D eigenvalue weighted by atomic mass is 32.1. The van der Waals surface area contributed by atoms with E-state index in [1.165, 1.54) is 21.7 Å². The predicted molar refractivity (Wildman–Crippen MR) is 103 cm³/mol. The van der Waals surface area contributed by atoms with Gasteiger partial charge in [-0.25, -0.2) is 4.68 Å². The van der Waals surface area contributed by atoms with Gasteiger partial charge in [0.1, 0.15) is 0 Å². The average molecular weight is 356 g/mol. The van der Waals surface area contributed by atoms with Crippen molar-refractivity contribution in [2.45, 2.75) is 33.9 Å². The minimum atomic E-state index is 0.162. The number of hydrogen-bond donors (Lipinski definition) is 1. The SMILES string of the molecule is Cc1ccccc1-n1nc(C)c(CN(CCO)Cc2cccs2)c1C. The monoisotopic (exact) mass is 355 g/mol. The standard InChI is InChI=1S/C20H25N3OS/c1-15-7-4-5-9-20(15)23-17(3)19(16(2)21-23)14-22(10-11-24)13-18-8-6-12-25-18/h4-9,12,24H,10-11,13-14H2,1-3H3. The third-order valence-corrected chi connectivity index (χ3v) is 5.40. The molecule has 0 unspecified atom stereocenters. The Morgan fingerprint density at radius 2 is 1.88 bits per heavy atom. The molecule has 0 aliphatic rings. The van der Waals surface area contributed by atoms with Gasteiger partial charge in [0.15, 0.2) is 0 Å². The molecule has 1 aromatic carbocycles. The lowest BCUT2D eigenvalue weighted by Gasteiger charge is -2.21. The number of aryl methyl sites for hydroxylation is 2. The zero-order chi connectivity index (χ0) is 17.8. The Morgan fingerprint density at radius 3 is 2.56 bits per heavy atom. The third kappa shape index (κ3) is 4.00. The van der Waals surface area contributed by atoms with E-state index in [9.17, 15) is 5.11 Å². The number of hydrogen-bond acceptors (Lipinski definition) is 4. The Balaban J connectivity index is 1.87. The van der Waals surface area contributed by atoms with Crippen LogP contribution in [0.5, 0.6) is 0 Å². The summed E-state index contributed by atoms with van der Waals surface area (Å²) in [5.41, 5.74) is 5.80. The van der Waals surface area contributed by atoms with E-state index < -0.39 is 0 Å². The summed E-state index contributed by atoms with van der Waals surface area (Å²) in [5.74, 6) is 0. The summed E-state index contributed by atoms with van der Waals surface area (Å²) in [5, 5.41) is 16.3. The predicted octanol–water partition coefficient (Wildman–Crippen LogP) is 3.85. The lowest BCUT2D eigenvalue weighted by atomic mass is 10.1. The zero-order valence-electron chi connectivity index (χ0n) is 15.1. The summed E-state index contributed by atoms with van der Waals surface area (Å²) >= 11 is 1.76. The lowest BCUT2D eigenvalue weighted by molar-refractivity contribution is 0.185. The first-order valence-electron chi connectivity index (χ1n) is 8.57. The van der Waals surface area contributed by atoms with Crippen LogP contribution in [-0.2, 0) is 13.1 Å². The Bertz CT molecular complexity index is 824. The molecule has 0 fully saturated rings. The molecule has 0 saturated heterocycles. The van der Waals surface area contributed by atoms with Gasteiger partial charge in [-0.3, -0.25) is 4.90 Å². The van der Waals surface area contributed by atoms with Gasteiger partial charge in [-0.2, -0.15) is 5.10 Å². The van der Waals surface area contributed by atoms with Crippen LogP contribution in [-0.4, -0.2) is 32.9 Å². The molecule has 1 N–H and O–H groups in total. The van der Waals surface area contributed by atoms with Gasteiger partial charge < -0.3 is 5.11 Å². The molecular formula is C20H25N3OS. The fourth-order valence-electron chi connectivity index (χ4n) is 3.14. The molecule has 5 heteroatoms. The average Bonchev–Trinajstić information content (AvgIpc) is 3.19. The number of aliphatic hydroxyl groups is 1. The van der Waals surface area contributed by atoms with Crippen LogP contribution in [0.4, 0.5) is 0 Å². The second-order valence-corrected chi connectivity index (χ2v) is 7.39. The molecule has 0 spiro atoms. The van der Waals surface area contributed by atoms with Gasteiger partial charge in [0.05, 0.1) is 18.0 Å². The van der Waals surface area contributed by atoms with E-state index in [1.807, 2.05) is 10.7 Å². The molecule has 25 heavy (non-hydrogen) atoms. The summed E-state index contributed by atoms with van der Waals surface area (Å²) in [6, 6.07) is 12.5. The molecule has 2 heterocycles. The largest absolute Gasteiger partial charge is 0.395 e. The van der Waals surface area contributed by atoms with E-state index in [1.54, 1.807) is 11.3 Å². The Hall–Kier alpha value is -1.95. The maximum atomic E-state index is 9.44. The van der Waals surface area contributed by atoms with Crippen LogP contribution in [0.25, 0.3) is 5.69 Å². The highest BCUT2D eigenvalue weighted by molar-refractivity contribution is 7.09. The van der Waals surface area contributed by atoms with E-state index in [-0.39, 0.29) is 6.61 Å². The van der Waals surface area contributed by atoms with Crippen LogP contribution < -0.4 is 0 Å². The zero-order valence-corrected chi connectivity index (χ0v) is 15.9. The molecule has 0 saturated carbocycles. The molecule has 0 bridgehead atoms. The Labute approximate surface area is 153 Å². The van der Waals surface area contributed by atoms with Gasteiger partial charge in [-0.1, -0.05) is 24.3 Å². The van der Waals surface area contributed by atoms with Crippen molar-refractivity contribution in [2.24, 2.45) is 0 Å². The van der Waals surface area contributed by atoms with Crippen LogP contribution in [0.15, 0.2) is 41.8 Å². The number of aliphatic hydroxyl groups excluding tert-OH is 1. The van der Waals surface area contributed by atoms with E-state index in [2.05, 4.69) is 61.4 Å². The van der Waals surface area contributed by atoms with Gasteiger partial charge >= 0.3 is 0 Å². The minimum absolute atomic E-state index is 0.162. The van der Waals surface area contributed by atoms with Crippen molar-refractivity contribution in [1.82, 2.24) is 14.7 Å². The summed E-state index contributed by atoms with van der Waals surface area (Å²) in [6.07, 6.45) is 0. The number of para-hydroxylation sites is 1. The molecular weight excluding hydrogens is 330 g/mol. The molecule has 3 rings (SSSR count). The molecule has 2 aromatic heterocycles. The van der Waals surface area contributed by atoms with Crippen LogP contribution in [0.1, 0.15) is 27.4 Å². The fourth-order valence-corrected chi connectivity index (χ4v) is 3.89. The topological polar surface area (TPSA) is 41.3 Å². The minimum Gasteiger partial charge on any atom is -0.395 e. The number of benzene rings is 1. The number of aromatic nitrogens is 2. The van der Waals surface area contributed by atoms with Crippen molar-refractivity contribution in [1.29, 1.82) is 0 Å². The van der Waals surface area contributed by atoms with Crippen molar-refractivity contribution in [3.8, 4) is 5.69 Å². The van der Waals surface area contributed by atoms with E-state index in [0.717, 1.165) is 24.5 Å². The highest BCUT2D eigenvalue weighted by Gasteiger charge is 2.17. The van der Waals surface area contributed by atoms with Crippen molar-refractivity contribution < 1.29 is 5.11 Å². The third-order valence-electron chi connectivity index (χ3n) is 4.54. The smallest absolute Gasteiger partial charge is 0.0678 e. The Kier molecular flexibility index (Phi) is 5.68. The second kappa shape index (κ2) is 7.95. The molecule has 0 amide bonds. The molecule has 4 nitrogen and oxygen atoms in total. The van der Waals surface area contributed by atoms with Gasteiger partial charge in [0, 0.05) is 35.8 Å². The molecule has 0 aliphatic carbocycles. The number of rotatable bonds is 7. The van der Waals surface area contributed by atoms with Gasteiger partial charge in [0.25, 0.3) is 0 Å². The summed E-state index contributed by atoms with van der Waals surface area (Å²) in [6.45, 7) is 8.78. The van der Waals surface area contributed by atoms with Crippen molar-refractivity contribution in [3.63, 3.8) is 0 Å². The first-order chi connectivity index (χ1) is 12.1. The first-order valence-corrected chi connectivity index (χ1v) is 9.45. The van der Waals surface area contributed by atoms with Crippen molar-refractivity contribution in [2.75, 3.05) is 13.2 Å². The number of nitrogens with zero attached hydrogens (tertiary/aromatic N) is 3. The van der Waals surface area contributed by atoms with Gasteiger partial charge in [0.2, 0.25) is 0 Å². The van der Waals surface area contributed by atoms with E-state index in [0.29, 0.717) is 6.54 Å². The molecule has 0 aliphatic heterocycles. The lowest BCUT2D eigenvalue weighted by Crippen LogP contribution is -2.26. The van der Waals surface area contributed by atoms with Crippen LogP contribution in [0, 0.1) is 20.8 Å². The summed E-state index contributed by atoms with van der Waals surface area (Å²) < 4.78 is 2.04. The van der Waals surface area contributed by atoms with Crippen LogP contribution >= 0.6 is 11.3 Å². The van der Waals surface area contributed by atoms with E-state index in [4.69, 9.17) is 5.10 Å². The summed E-state index contributed by atoms with van der Waals surface area (Å²) in [4.78, 5) is 3.60. The van der Waals surface area contributed by atoms with Crippen molar-refractivity contribution in [3.05, 3.63) is 69.2 Å². The Morgan fingerprint density at radius 1 is 1.08 bits per heavy atom. The van der Waals surface area contributed by atoms with Crippen molar-refractivity contribution >= 4 is 11.3 Å². The van der Waals surface area contributed by atoms with E-state index >= 15 is 0 Å². The maximum Gasteiger partial charge on any atom is 0.0678 e. The van der Waals surface area contributed by atoms with Crippen LogP contribution in [0.2, 0.25) is 0 Å². The second-order valence-electron chi connectivity index (χ2n) is 6.36. The fraction of sp³-hybridized carbons (Fsp3) is 0.350.